The molecule has 2 N–H and O–H groups in total. The van der Waals surface area contributed by atoms with Crippen LogP contribution in [0.1, 0.15) is 5.56 Å². The number of aromatic amines is 1. The van der Waals surface area contributed by atoms with Crippen LogP contribution in [-0.2, 0) is 6.54 Å². The van der Waals surface area contributed by atoms with Gasteiger partial charge in [0.1, 0.15) is 0 Å². The van der Waals surface area contributed by atoms with E-state index in [1.54, 1.807) is 17.4 Å². The minimum absolute atomic E-state index is 0.000669. The topological polar surface area (TPSA) is 69.2 Å². The molecule has 3 aromatic rings. The molecule has 0 spiro atoms. The van der Waals surface area contributed by atoms with Gasteiger partial charge in [-0.05, 0) is 34.5 Å². The van der Waals surface area contributed by atoms with Crippen LogP contribution in [0, 0.1) is 0 Å². The third-order valence-corrected chi connectivity index (χ3v) is 3.96. The average molecular weight is 301 g/mol. The number of H-pyrrole nitrogens is 1. The zero-order valence-electron chi connectivity index (χ0n) is 11.3. The standard InChI is InChI=1S/C15H15N3O2S/c19-7-6-18(9-11-5-8-21-10-11)15-16-13-4-2-1-3-12(13)14(20)17-15/h1-5,8,10,19H,6-7,9H2,(H,16,17,20). The van der Waals surface area contributed by atoms with E-state index in [0.717, 1.165) is 5.56 Å². The largest absolute Gasteiger partial charge is 0.395 e. The Morgan fingerprint density at radius 2 is 2.14 bits per heavy atom. The summed E-state index contributed by atoms with van der Waals surface area (Å²) in [6.45, 7) is 1.02. The van der Waals surface area contributed by atoms with Crippen LogP contribution in [0.2, 0.25) is 0 Å². The highest BCUT2D eigenvalue weighted by atomic mass is 32.1. The summed E-state index contributed by atoms with van der Waals surface area (Å²) in [6.07, 6.45) is 0. The van der Waals surface area contributed by atoms with Crippen LogP contribution in [0.4, 0.5) is 5.95 Å². The number of nitrogens with zero attached hydrogens (tertiary/aromatic N) is 2. The van der Waals surface area contributed by atoms with Crippen molar-refractivity contribution in [3.8, 4) is 0 Å². The Morgan fingerprint density at radius 1 is 1.29 bits per heavy atom. The maximum absolute atomic E-state index is 12.1. The Labute approximate surface area is 125 Å². The highest BCUT2D eigenvalue weighted by molar-refractivity contribution is 7.07. The molecule has 0 fully saturated rings. The molecule has 2 heterocycles. The van der Waals surface area contributed by atoms with E-state index < -0.39 is 0 Å². The first-order valence-corrected chi connectivity index (χ1v) is 7.58. The molecular formula is C15H15N3O2S. The van der Waals surface area contributed by atoms with Crippen molar-refractivity contribution in [2.45, 2.75) is 6.54 Å². The molecule has 0 unspecified atom stereocenters. The Hall–Kier alpha value is -2.18. The lowest BCUT2D eigenvalue weighted by molar-refractivity contribution is 0.301. The van der Waals surface area contributed by atoms with Gasteiger partial charge in [0, 0.05) is 13.1 Å². The number of benzene rings is 1. The second-order valence-electron chi connectivity index (χ2n) is 4.68. The van der Waals surface area contributed by atoms with E-state index in [2.05, 4.69) is 9.97 Å². The maximum atomic E-state index is 12.1. The quantitative estimate of drug-likeness (QED) is 0.756. The molecule has 108 valence electrons. The van der Waals surface area contributed by atoms with Gasteiger partial charge in [0.25, 0.3) is 5.56 Å². The molecule has 21 heavy (non-hydrogen) atoms. The van der Waals surface area contributed by atoms with Gasteiger partial charge in [0.2, 0.25) is 5.95 Å². The Bertz CT molecular complexity index is 783. The monoisotopic (exact) mass is 301 g/mol. The first-order valence-electron chi connectivity index (χ1n) is 6.64. The first kappa shape index (κ1) is 13.8. The van der Waals surface area contributed by atoms with Crippen LogP contribution in [0.25, 0.3) is 10.9 Å². The van der Waals surface area contributed by atoms with Crippen LogP contribution in [0.15, 0.2) is 45.9 Å². The second-order valence-corrected chi connectivity index (χ2v) is 5.46. The third-order valence-electron chi connectivity index (χ3n) is 3.22. The second kappa shape index (κ2) is 6.07. The van der Waals surface area contributed by atoms with Crippen molar-refractivity contribution in [3.05, 3.63) is 57.0 Å². The van der Waals surface area contributed by atoms with E-state index in [0.29, 0.717) is 29.9 Å². The van der Waals surface area contributed by atoms with Crippen molar-refractivity contribution in [1.82, 2.24) is 9.97 Å². The van der Waals surface area contributed by atoms with E-state index in [9.17, 15) is 9.90 Å². The lowest BCUT2D eigenvalue weighted by Gasteiger charge is -2.21. The normalized spacial score (nSPS) is 10.9. The van der Waals surface area contributed by atoms with Gasteiger partial charge in [-0.2, -0.15) is 11.3 Å². The minimum atomic E-state index is -0.163. The van der Waals surface area contributed by atoms with Crippen molar-refractivity contribution in [2.24, 2.45) is 0 Å². The van der Waals surface area contributed by atoms with E-state index in [4.69, 9.17) is 0 Å². The lowest BCUT2D eigenvalue weighted by atomic mass is 10.2. The minimum Gasteiger partial charge on any atom is -0.395 e. The molecule has 0 amide bonds. The molecular weight excluding hydrogens is 286 g/mol. The van der Waals surface area contributed by atoms with Gasteiger partial charge in [0.05, 0.1) is 17.5 Å². The predicted octanol–water partition coefficient (Wildman–Crippen LogP) is 1.98. The summed E-state index contributed by atoms with van der Waals surface area (Å²) >= 11 is 1.62. The van der Waals surface area contributed by atoms with Crippen LogP contribution in [0.3, 0.4) is 0 Å². The van der Waals surface area contributed by atoms with Gasteiger partial charge in [-0.3, -0.25) is 9.78 Å². The molecule has 6 heteroatoms. The van der Waals surface area contributed by atoms with Gasteiger partial charge in [-0.1, -0.05) is 12.1 Å². The van der Waals surface area contributed by atoms with Gasteiger partial charge in [0.15, 0.2) is 0 Å². The number of anilines is 1. The Kier molecular flexibility index (Phi) is 3.98. The SMILES string of the molecule is O=c1[nH]c(N(CCO)Cc2ccsc2)nc2ccccc12. The summed E-state index contributed by atoms with van der Waals surface area (Å²) in [4.78, 5) is 21.3. The summed E-state index contributed by atoms with van der Waals surface area (Å²) in [6, 6.07) is 9.26. The summed E-state index contributed by atoms with van der Waals surface area (Å²) in [5.41, 5.74) is 1.62. The maximum Gasteiger partial charge on any atom is 0.260 e. The molecule has 3 rings (SSSR count). The van der Waals surface area contributed by atoms with E-state index in [1.807, 2.05) is 39.9 Å². The predicted molar refractivity (Wildman–Crippen MR) is 84.8 cm³/mol. The van der Waals surface area contributed by atoms with Gasteiger partial charge < -0.3 is 10.0 Å². The van der Waals surface area contributed by atoms with Crippen molar-refractivity contribution in [1.29, 1.82) is 0 Å². The molecule has 1 aromatic carbocycles. The van der Waals surface area contributed by atoms with Crippen molar-refractivity contribution in [2.75, 3.05) is 18.1 Å². The van der Waals surface area contributed by atoms with Gasteiger partial charge >= 0.3 is 0 Å². The molecule has 0 aliphatic heterocycles. The molecule has 5 nitrogen and oxygen atoms in total. The number of aliphatic hydroxyl groups is 1. The lowest BCUT2D eigenvalue weighted by Crippen LogP contribution is -2.29. The smallest absolute Gasteiger partial charge is 0.260 e. The van der Waals surface area contributed by atoms with E-state index >= 15 is 0 Å². The molecule has 0 saturated heterocycles. The number of hydrogen-bond acceptors (Lipinski definition) is 5. The highest BCUT2D eigenvalue weighted by Gasteiger charge is 2.12. The molecule has 0 saturated carbocycles. The van der Waals surface area contributed by atoms with Crippen LogP contribution in [-0.4, -0.2) is 28.2 Å². The summed E-state index contributed by atoms with van der Waals surface area (Å²) in [5.74, 6) is 0.485. The number of aliphatic hydroxyl groups excluding tert-OH is 1. The Balaban J connectivity index is 2.00. The van der Waals surface area contributed by atoms with Crippen molar-refractivity contribution < 1.29 is 5.11 Å². The van der Waals surface area contributed by atoms with E-state index in [1.165, 1.54) is 0 Å². The van der Waals surface area contributed by atoms with Crippen molar-refractivity contribution in [3.63, 3.8) is 0 Å². The van der Waals surface area contributed by atoms with Gasteiger partial charge in [-0.25, -0.2) is 4.98 Å². The summed E-state index contributed by atoms with van der Waals surface area (Å²) < 4.78 is 0. The number of thiophene rings is 1. The summed E-state index contributed by atoms with van der Waals surface area (Å²) in [7, 11) is 0. The van der Waals surface area contributed by atoms with Crippen LogP contribution < -0.4 is 10.5 Å². The Morgan fingerprint density at radius 3 is 2.90 bits per heavy atom. The van der Waals surface area contributed by atoms with Crippen LogP contribution >= 0.6 is 11.3 Å². The van der Waals surface area contributed by atoms with Crippen LogP contribution in [0.5, 0.6) is 0 Å². The molecule has 0 radical (unpaired) electrons. The fourth-order valence-corrected chi connectivity index (χ4v) is 2.87. The first-order chi connectivity index (χ1) is 10.3. The molecule has 0 aliphatic carbocycles. The molecule has 2 aromatic heterocycles. The average Bonchev–Trinajstić information content (AvgIpc) is 3.00. The summed E-state index contributed by atoms with van der Waals surface area (Å²) in [5, 5.41) is 13.9. The fourth-order valence-electron chi connectivity index (χ4n) is 2.21. The molecule has 0 aliphatic rings. The molecule has 0 bridgehead atoms. The number of para-hydroxylation sites is 1. The number of nitrogens with one attached hydrogen (secondary N) is 1. The highest BCUT2D eigenvalue weighted by Crippen LogP contribution is 2.15. The third kappa shape index (κ3) is 2.96. The van der Waals surface area contributed by atoms with Crippen molar-refractivity contribution >= 4 is 28.2 Å². The zero-order valence-corrected chi connectivity index (χ0v) is 12.1. The zero-order chi connectivity index (χ0) is 14.7. The number of aromatic nitrogens is 2. The van der Waals surface area contributed by atoms with E-state index in [-0.39, 0.29) is 12.2 Å². The van der Waals surface area contributed by atoms with Gasteiger partial charge in [-0.15, -0.1) is 0 Å². The fraction of sp³-hybridized carbons (Fsp3) is 0.200. The molecule has 0 atom stereocenters. The number of fused-ring (bicyclic) bond motifs is 1. The number of rotatable bonds is 5. The number of hydrogen-bond donors (Lipinski definition) is 2.